The largest absolute Gasteiger partial charge is 0.480 e. The molecular weight excluding hydrogens is 413 g/mol. The number of nitrogens with zero attached hydrogens (tertiary/aromatic N) is 1. The number of ketones is 1. The van der Waals surface area contributed by atoms with Crippen molar-refractivity contribution in [1.29, 1.82) is 0 Å². The minimum Gasteiger partial charge on any atom is -0.480 e. The average Bonchev–Trinajstić information content (AvgIpc) is 2.85. The Balaban J connectivity index is 0. The zero-order valence-electron chi connectivity index (χ0n) is 17.4. The van der Waals surface area contributed by atoms with Gasteiger partial charge in [0.25, 0.3) is 0 Å². The molecule has 0 radical (unpaired) electrons. The standard InChI is InChI=1S/C12H23N3O2.C9H14O.2ClH/c13-10(12(16)17)7-3-1-5-9-6-2-4-8-11(14)15-9;1-2-5-8-6-3-4-7-9(8)10;;/h9-10H,1-8,13H2,(H2,14,15)(H,16,17);2,8H,1,3-7H2;2*1H/t9-,10-;;;/m0.../s1. The summed E-state index contributed by atoms with van der Waals surface area (Å²) < 4.78 is 0. The number of hydrogen-bond acceptors (Lipinski definition) is 5. The van der Waals surface area contributed by atoms with Crippen LogP contribution in [0.5, 0.6) is 0 Å². The van der Waals surface area contributed by atoms with Gasteiger partial charge in [0.2, 0.25) is 0 Å². The van der Waals surface area contributed by atoms with Crippen LogP contribution < -0.4 is 11.5 Å². The number of hydrogen-bond donors (Lipinski definition) is 3. The maximum Gasteiger partial charge on any atom is 0.320 e. The molecular formula is C21H39Cl2N3O3. The summed E-state index contributed by atoms with van der Waals surface area (Å²) in [5.41, 5.74) is 11.2. The van der Waals surface area contributed by atoms with Gasteiger partial charge < -0.3 is 16.6 Å². The SMILES string of the molecule is C=CCC1CCCCC1=O.Cl.Cl.NC1=N[C@@H](CCCC[C@H](N)C(=O)O)CCCC1. The minimum absolute atomic E-state index is 0. The fraction of sp³-hybridized carbons (Fsp3) is 0.762. The number of carbonyl (C=O) groups excluding carboxylic acids is 1. The molecule has 1 aliphatic heterocycles. The van der Waals surface area contributed by atoms with E-state index in [0.717, 1.165) is 70.0 Å². The normalized spacial score (nSPS) is 22.4. The number of aliphatic carboxylic acids is 1. The minimum atomic E-state index is -0.915. The third-order valence-electron chi connectivity index (χ3n) is 5.32. The Hall–Kier alpha value is -1.11. The highest BCUT2D eigenvalue weighted by Gasteiger charge is 2.20. The van der Waals surface area contributed by atoms with E-state index in [4.69, 9.17) is 16.6 Å². The Labute approximate surface area is 187 Å². The van der Waals surface area contributed by atoms with Crippen LogP contribution in [0.25, 0.3) is 0 Å². The van der Waals surface area contributed by atoms with Crippen molar-refractivity contribution >= 4 is 42.4 Å². The number of nitrogens with two attached hydrogens (primary N) is 2. The van der Waals surface area contributed by atoms with Gasteiger partial charge in [0.05, 0.1) is 11.9 Å². The maximum atomic E-state index is 11.1. The van der Waals surface area contributed by atoms with Crippen LogP contribution in [-0.4, -0.2) is 34.8 Å². The van der Waals surface area contributed by atoms with Gasteiger partial charge >= 0.3 is 5.97 Å². The van der Waals surface area contributed by atoms with Gasteiger partial charge in [0.1, 0.15) is 11.8 Å². The molecule has 2 rings (SSSR count). The predicted molar refractivity (Wildman–Crippen MR) is 124 cm³/mol. The van der Waals surface area contributed by atoms with E-state index in [2.05, 4.69) is 11.6 Å². The van der Waals surface area contributed by atoms with E-state index in [1.54, 1.807) is 0 Å². The third kappa shape index (κ3) is 13.7. The number of amidine groups is 1. The number of rotatable bonds is 8. The summed E-state index contributed by atoms with van der Waals surface area (Å²) in [5, 5.41) is 8.64. The predicted octanol–water partition coefficient (Wildman–Crippen LogP) is 4.42. The Bertz CT molecular complexity index is 515. The van der Waals surface area contributed by atoms with Gasteiger partial charge in [-0.1, -0.05) is 31.8 Å². The molecule has 2 aliphatic rings. The lowest BCUT2D eigenvalue weighted by molar-refractivity contribution is -0.138. The van der Waals surface area contributed by atoms with E-state index < -0.39 is 12.0 Å². The fourth-order valence-corrected chi connectivity index (χ4v) is 3.63. The average molecular weight is 452 g/mol. The summed E-state index contributed by atoms with van der Waals surface area (Å²) in [6, 6.07) is -0.392. The van der Waals surface area contributed by atoms with E-state index in [0.29, 0.717) is 24.2 Å². The van der Waals surface area contributed by atoms with Crippen molar-refractivity contribution in [2.45, 2.75) is 95.6 Å². The molecule has 1 fully saturated rings. The van der Waals surface area contributed by atoms with Crippen LogP contribution in [0, 0.1) is 5.92 Å². The van der Waals surface area contributed by atoms with E-state index in [1.165, 1.54) is 12.8 Å². The lowest BCUT2D eigenvalue weighted by atomic mass is 9.86. The van der Waals surface area contributed by atoms with Crippen molar-refractivity contribution in [3.8, 4) is 0 Å². The monoisotopic (exact) mass is 451 g/mol. The second-order valence-corrected chi connectivity index (χ2v) is 7.68. The number of halogens is 2. The molecule has 0 saturated heterocycles. The summed E-state index contributed by atoms with van der Waals surface area (Å²) in [6.45, 7) is 3.64. The quantitative estimate of drug-likeness (QED) is 0.372. The second-order valence-electron chi connectivity index (χ2n) is 7.68. The Morgan fingerprint density at radius 3 is 2.45 bits per heavy atom. The second kappa shape index (κ2) is 17.7. The molecule has 5 N–H and O–H groups in total. The molecule has 1 aliphatic carbocycles. The Kier molecular flexibility index (Phi) is 18.4. The van der Waals surface area contributed by atoms with Crippen LogP contribution in [0.4, 0.5) is 0 Å². The first kappa shape index (κ1) is 30.1. The molecule has 0 aromatic heterocycles. The van der Waals surface area contributed by atoms with Crippen molar-refractivity contribution in [3.05, 3.63) is 12.7 Å². The van der Waals surface area contributed by atoms with Gasteiger partial charge in [-0.2, -0.15) is 0 Å². The Morgan fingerprint density at radius 1 is 1.17 bits per heavy atom. The van der Waals surface area contributed by atoms with Crippen LogP contribution in [0.3, 0.4) is 0 Å². The summed E-state index contributed by atoms with van der Waals surface area (Å²) in [7, 11) is 0. The first-order valence-electron chi connectivity index (χ1n) is 10.4. The van der Waals surface area contributed by atoms with Crippen molar-refractivity contribution in [2.24, 2.45) is 22.4 Å². The lowest BCUT2D eigenvalue weighted by Crippen LogP contribution is -2.29. The van der Waals surface area contributed by atoms with Crippen molar-refractivity contribution < 1.29 is 14.7 Å². The third-order valence-corrected chi connectivity index (χ3v) is 5.32. The first-order valence-corrected chi connectivity index (χ1v) is 10.4. The molecule has 3 atom stereocenters. The summed E-state index contributed by atoms with van der Waals surface area (Å²) in [4.78, 5) is 26.1. The van der Waals surface area contributed by atoms with E-state index in [-0.39, 0.29) is 24.8 Å². The smallest absolute Gasteiger partial charge is 0.320 e. The first-order chi connectivity index (χ1) is 12.9. The lowest BCUT2D eigenvalue weighted by Gasteiger charge is -2.18. The van der Waals surface area contributed by atoms with Crippen LogP contribution in [0.2, 0.25) is 0 Å². The van der Waals surface area contributed by atoms with Crippen molar-refractivity contribution in [3.63, 3.8) is 0 Å². The zero-order chi connectivity index (χ0) is 20.1. The van der Waals surface area contributed by atoms with Gasteiger partial charge in [0, 0.05) is 18.8 Å². The number of carboxylic acid groups (broad SMARTS) is 1. The topological polar surface area (TPSA) is 119 Å². The number of carbonyl (C=O) groups is 2. The fourth-order valence-electron chi connectivity index (χ4n) is 3.63. The number of allylic oxidation sites excluding steroid dienone is 1. The van der Waals surface area contributed by atoms with E-state index in [1.807, 2.05) is 6.08 Å². The molecule has 1 saturated carbocycles. The van der Waals surface area contributed by atoms with Crippen LogP contribution >= 0.6 is 24.8 Å². The van der Waals surface area contributed by atoms with Gasteiger partial charge in [-0.15, -0.1) is 31.4 Å². The summed E-state index contributed by atoms with van der Waals surface area (Å²) in [5.74, 6) is 0.619. The van der Waals surface area contributed by atoms with Crippen LogP contribution in [-0.2, 0) is 9.59 Å². The summed E-state index contributed by atoms with van der Waals surface area (Å²) in [6.07, 6.45) is 14.7. The molecule has 0 spiro atoms. The van der Waals surface area contributed by atoms with Crippen LogP contribution in [0.15, 0.2) is 17.6 Å². The molecule has 1 heterocycles. The molecule has 0 amide bonds. The molecule has 1 unspecified atom stereocenters. The highest BCUT2D eigenvalue weighted by molar-refractivity contribution is 5.85. The molecule has 0 bridgehead atoms. The van der Waals surface area contributed by atoms with Gasteiger partial charge in [-0.25, -0.2) is 0 Å². The Morgan fingerprint density at radius 2 is 1.83 bits per heavy atom. The van der Waals surface area contributed by atoms with Gasteiger partial charge in [0.15, 0.2) is 0 Å². The molecule has 29 heavy (non-hydrogen) atoms. The van der Waals surface area contributed by atoms with Gasteiger partial charge in [-0.05, 0) is 44.9 Å². The summed E-state index contributed by atoms with van der Waals surface area (Å²) >= 11 is 0. The maximum absolute atomic E-state index is 11.1. The van der Waals surface area contributed by atoms with Crippen molar-refractivity contribution in [2.75, 3.05) is 0 Å². The van der Waals surface area contributed by atoms with E-state index in [9.17, 15) is 9.59 Å². The number of aliphatic imine (C=N–C) groups is 1. The van der Waals surface area contributed by atoms with Crippen LogP contribution in [0.1, 0.15) is 83.5 Å². The number of unbranched alkanes of at least 4 members (excludes halogenated alkanes) is 1. The molecule has 170 valence electrons. The molecule has 0 aromatic rings. The number of Topliss-reactive ketones (excluding diaryl/α,β-unsaturated/α-hetero) is 1. The molecule has 6 nitrogen and oxygen atoms in total. The van der Waals surface area contributed by atoms with Gasteiger partial charge in [-0.3, -0.25) is 14.6 Å². The number of carboxylic acids is 1. The zero-order valence-corrected chi connectivity index (χ0v) is 19.0. The molecule has 8 heteroatoms. The van der Waals surface area contributed by atoms with E-state index >= 15 is 0 Å². The van der Waals surface area contributed by atoms with Crippen molar-refractivity contribution in [1.82, 2.24) is 0 Å². The molecule has 0 aromatic carbocycles. The highest BCUT2D eigenvalue weighted by Crippen LogP contribution is 2.23. The highest BCUT2D eigenvalue weighted by atomic mass is 35.5.